The third kappa shape index (κ3) is 6.36. The van der Waals surface area contributed by atoms with Crippen LogP contribution in [0.25, 0.3) is 11.4 Å². The van der Waals surface area contributed by atoms with Gasteiger partial charge in [0.1, 0.15) is 18.2 Å². The molecule has 4 rings (SSSR count). The zero-order chi connectivity index (χ0) is 25.0. The lowest BCUT2D eigenvalue weighted by Gasteiger charge is -2.15. The van der Waals surface area contributed by atoms with Crippen molar-refractivity contribution in [3.8, 4) is 22.9 Å². The molecule has 0 saturated carbocycles. The highest BCUT2D eigenvalue weighted by Crippen LogP contribution is 2.31. The Labute approximate surface area is 202 Å². The van der Waals surface area contributed by atoms with Crippen molar-refractivity contribution in [3.05, 3.63) is 89.1 Å². The van der Waals surface area contributed by atoms with Crippen LogP contribution in [0.1, 0.15) is 11.1 Å². The Balaban J connectivity index is 1.65. The minimum Gasteiger partial charge on any atom is -0.483 e. The van der Waals surface area contributed by atoms with Crippen LogP contribution in [0.2, 0.25) is 5.02 Å². The average Bonchev–Trinajstić information content (AvgIpc) is 2.80. The second-order valence-electron chi connectivity index (χ2n) is 7.33. The van der Waals surface area contributed by atoms with Crippen molar-refractivity contribution in [3.63, 3.8) is 0 Å². The fourth-order valence-corrected chi connectivity index (χ4v) is 3.27. The number of alkyl halides is 3. The third-order valence-corrected chi connectivity index (χ3v) is 4.96. The van der Waals surface area contributed by atoms with Gasteiger partial charge in [-0.3, -0.25) is 4.98 Å². The number of nitrogens with one attached hydrogen (secondary N) is 1. The maximum atomic E-state index is 14.4. The van der Waals surface area contributed by atoms with E-state index in [0.29, 0.717) is 16.3 Å². The first-order valence-corrected chi connectivity index (χ1v) is 10.5. The highest BCUT2D eigenvalue weighted by molar-refractivity contribution is 6.30. The summed E-state index contributed by atoms with van der Waals surface area (Å²) < 4.78 is 61.8. The van der Waals surface area contributed by atoms with Crippen LogP contribution in [0.15, 0.2) is 67.1 Å². The van der Waals surface area contributed by atoms with E-state index in [2.05, 4.69) is 25.0 Å². The third-order valence-electron chi connectivity index (χ3n) is 4.72. The molecule has 0 atom stereocenters. The summed E-state index contributed by atoms with van der Waals surface area (Å²) >= 11 is 6.01. The molecule has 0 radical (unpaired) electrons. The Bertz CT molecular complexity index is 1350. The second kappa shape index (κ2) is 10.1. The lowest BCUT2D eigenvalue weighted by molar-refractivity contribution is -0.274. The van der Waals surface area contributed by atoms with Gasteiger partial charge in [0.15, 0.2) is 17.4 Å². The van der Waals surface area contributed by atoms with E-state index in [1.807, 2.05) is 6.92 Å². The molecule has 0 aliphatic carbocycles. The SMILES string of the molecule is Cc1cnccc1Nc1nc(-c2cc(Cl)ccc2F)ncc1OCc1cccc(OC(F)(F)F)c1. The van der Waals surface area contributed by atoms with Crippen LogP contribution < -0.4 is 14.8 Å². The van der Waals surface area contributed by atoms with Crippen LogP contribution >= 0.6 is 11.6 Å². The number of anilines is 2. The summed E-state index contributed by atoms with van der Waals surface area (Å²) in [6, 6.07) is 11.1. The summed E-state index contributed by atoms with van der Waals surface area (Å²) in [7, 11) is 0. The first-order valence-electron chi connectivity index (χ1n) is 10.2. The van der Waals surface area contributed by atoms with Crippen LogP contribution in [-0.4, -0.2) is 21.3 Å². The molecule has 180 valence electrons. The fourth-order valence-electron chi connectivity index (χ4n) is 3.10. The average molecular weight is 505 g/mol. The molecule has 11 heteroatoms. The Morgan fingerprint density at radius 2 is 1.89 bits per heavy atom. The van der Waals surface area contributed by atoms with Gasteiger partial charge < -0.3 is 14.8 Å². The number of hydrogen-bond donors (Lipinski definition) is 1. The maximum absolute atomic E-state index is 14.4. The van der Waals surface area contributed by atoms with Gasteiger partial charge in [-0.25, -0.2) is 14.4 Å². The molecule has 0 fully saturated rings. The molecule has 0 unspecified atom stereocenters. The normalized spacial score (nSPS) is 11.3. The summed E-state index contributed by atoms with van der Waals surface area (Å²) in [5, 5.41) is 3.43. The standard InChI is InChI=1S/C24H17ClF4N4O2/c1-14-11-30-8-7-20(14)32-23-21(12-31-22(33-23)18-10-16(25)5-6-19(18)26)34-13-15-3-2-4-17(9-15)35-24(27,28)29/h2-12H,13H2,1H3,(H,30,31,32,33). The molecule has 6 nitrogen and oxygen atoms in total. The molecule has 0 bridgehead atoms. The minimum atomic E-state index is -4.81. The Morgan fingerprint density at radius 1 is 1.06 bits per heavy atom. The van der Waals surface area contributed by atoms with E-state index in [1.165, 1.54) is 42.6 Å². The lowest BCUT2D eigenvalue weighted by Crippen LogP contribution is -2.17. The van der Waals surface area contributed by atoms with Crippen molar-refractivity contribution >= 4 is 23.1 Å². The zero-order valence-electron chi connectivity index (χ0n) is 18.1. The summed E-state index contributed by atoms with van der Waals surface area (Å²) in [6.45, 7) is 1.73. The van der Waals surface area contributed by atoms with Crippen LogP contribution in [0.4, 0.5) is 29.1 Å². The number of aryl methyl sites for hydroxylation is 1. The number of rotatable bonds is 7. The monoisotopic (exact) mass is 504 g/mol. The van der Waals surface area contributed by atoms with Gasteiger partial charge >= 0.3 is 6.36 Å². The van der Waals surface area contributed by atoms with Crippen LogP contribution in [0.5, 0.6) is 11.5 Å². The van der Waals surface area contributed by atoms with E-state index >= 15 is 0 Å². The molecule has 35 heavy (non-hydrogen) atoms. The Morgan fingerprint density at radius 3 is 2.66 bits per heavy atom. The predicted molar refractivity (Wildman–Crippen MR) is 122 cm³/mol. The summed E-state index contributed by atoms with van der Waals surface area (Å²) in [5.74, 6) is -0.462. The predicted octanol–water partition coefficient (Wildman–Crippen LogP) is 6.86. The van der Waals surface area contributed by atoms with Gasteiger partial charge in [-0.1, -0.05) is 23.7 Å². The highest BCUT2D eigenvalue weighted by atomic mass is 35.5. The highest BCUT2D eigenvalue weighted by Gasteiger charge is 2.31. The van der Waals surface area contributed by atoms with Gasteiger partial charge in [-0.15, -0.1) is 13.2 Å². The molecule has 1 N–H and O–H groups in total. The van der Waals surface area contributed by atoms with Crippen molar-refractivity contribution in [2.24, 2.45) is 0 Å². The van der Waals surface area contributed by atoms with Crippen molar-refractivity contribution in [1.82, 2.24) is 15.0 Å². The number of aromatic nitrogens is 3. The van der Waals surface area contributed by atoms with E-state index in [-0.39, 0.29) is 35.3 Å². The first-order chi connectivity index (χ1) is 16.7. The number of hydrogen-bond acceptors (Lipinski definition) is 6. The fraction of sp³-hybridized carbons (Fsp3) is 0.125. The lowest BCUT2D eigenvalue weighted by atomic mass is 10.2. The molecular formula is C24H17ClF4N4O2. The Hall–Kier alpha value is -3.92. The van der Waals surface area contributed by atoms with Crippen molar-refractivity contribution < 1.29 is 27.0 Å². The molecule has 0 aliphatic heterocycles. The molecule has 0 amide bonds. The molecule has 2 aromatic carbocycles. The van der Waals surface area contributed by atoms with Gasteiger partial charge in [-0.2, -0.15) is 0 Å². The topological polar surface area (TPSA) is 69.2 Å². The minimum absolute atomic E-state index is 0.0622. The molecule has 4 aromatic rings. The van der Waals surface area contributed by atoms with Crippen molar-refractivity contribution in [2.75, 3.05) is 5.32 Å². The summed E-state index contributed by atoms with van der Waals surface area (Å²) in [5.41, 5.74) is 1.99. The van der Waals surface area contributed by atoms with E-state index in [9.17, 15) is 17.6 Å². The first kappa shape index (κ1) is 24.2. The Kier molecular flexibility index (Phi) is 7.02. The van der Waals surface area contributed by atoms with Crippen LogP contribution in [-0.2, 0) is 6.61 Å². The van der Waals surface area contributed by atoms with Gasteiger partial charge in [0.2, 0.25) is 0 Å². The quantitative estimate of drug-likeness (QED) is 0.277. The van der Waals surface area contributed by atoms with E-state index in [1.54, 1.807) is 24.5 Å². The largest absolute Gasteiger partial charge is 0.573 e. The molecule has 2 aromatic heterocycles. The van der Waals surface area contributed by atoms with Gasteiger partial charge in [0, 0.05) is 23.1 Å². The van der Waals surface area contributed by atoms with Gasteiger partial charge in [-0.05, 0) is 54.4 Å². The summed E-state index contributed by atoms with van der Waals surface area (Å²) in [4.78, 5) is 12.7. The molecule has 2 heterocycles. The van der Waals surface area contributed by atoms with E-state index in [0.717, 1.165) is 5.56 Å². The molecule has 0 saturated heterocycles. The number of ether oxygens (including phenoxy) is 2. The van der Waals surface area contributed by atoms with Crippen LogP contribution in [0.3, 0.4) is 0 Å². The van der Waals surface area contributed by atoms with Crippen molar-refractivity contribution in [1.29, 1.82) is 0 Å². The number of halogens is 5. The maximum Gasteiger partial charge on any atom is 0.573 e. The number of benzene rings is 2. The van der Waals surface area contributed by atoms with Gasteiger partial charge in [0.05, 0.1) is 11.8 Å². The van der Waals surface area contributed by atoms with Crippen LogP contribution in [0, 0.1) is 12.7 Å². The van der Waals surface area contributed by atoms with Crippen molar-refractivity contribution in [2.45, 2.75) is 19.9 Å². The second-order valence-corrected chi connectivity index (χ2v) is 7.77. The number of pyridine rings is 1. The smallest absolute Gasteiger partial charge is 0.483 e. The molecule has 0 spiro atoms. The van der Waals surface area contributed by atoms with Gasteiger partial charge in [0.25, 0.3) is 0 Å². The van der Waals surface area contributed by atoms with E-state index in [4.69, 9.17) is 16.3 Å². The number of nitrogens with zero attached hydrogens (tertiary/aromatic N) is 3. The summed E-state index contributed by atoms with van der Waals surface area (Å²) in [6.07, 6.45) is -0.232. The zero-order valence-corrected chi connectivity index (χ0v) is 18.9. The van der Waals surface area contributed by atoms with E-state index < -0.39 is 12.2 Å². The molecular weight excluding hydrogens is 488 g/mol. The molecule has 0 aliphatic rings.